The van der Waals surface area contributed by atoms with Gasteiger partial charge in [-0.15, -0.1) is 4.91 Å². The van der Waals surface area contributed by atoms with Crippen molar-refractivity contribution in [1.29, 1.82) is 0 Å². The number of anilines is 1. The number of esters is 1. The van der Waals surface area contributed by atoms with Gasteiger partial charge in [-0.25, -0.2) is 4.98 Å². The van der Waals surface area contributed by atoms with Crippen LogP contribution in [0.2, 0.25) is 0 Å². The summed E-state index contributed by atoms with van der Waals surface area (Å²) in [7, 11) is 0. The third-order valence-electron chi connectivity index (χ3n) is 4.56. The Labute approximate surface area is 162 Å². The predicted molar refractivity (Wildman–Crippen MR) is 101 cm³/mol. The predicted octanol–water partition coefficient (Wildman–Crippen LogP) is 2.94. The first-order valence-electron chi connectivity index (χ1n) is 9.13. The molecule has 0 aliphatic carbocycles. The molecule has 28 heavy (non-hydrogen) atoms. The van der Waals surface area contributed by atoms with Crippen LogP contribution in [-0.2, 0) is 16.1 Å². The Bertz CT molecular complexity index is 837. The first kappa shape index (κ1) is 19.5. The number of phenols is 1. The van der Waals surface area contributed by atoms with Gasteiger partial charge in [0.15, 0.2) is 5.82 Å². The van der Waals surface area contributed by atoms with Gasteiger partial charge in [0, 0.05) is 13.1 Å². The van der Waals surface area contributed by atoms with Gasteiger partial charge in [0.25, 0.3) is 0 Å². The van der Waals surface area contributed by atoms with Crippen molar-refractivity contribution in [1.82, 2.24) is 9.97 Å². The van der Waals surface area contributed by atoms with E-state index in [4.69, 9.17) is 9.47 Å². The number of nitrogens with zero attached hydrogens (tertiary/aromatic N) is 4. The van der Waals surface area contributed by atoms with Crippen LogP contribution in [0.5, 0.6) is 11.6 Å². The average Bonchev–Trinajstić information content (AvgIpc) is 2.72. The summed E-state index contributed by atoms with van der Waals surface area (Å²) in [5, 5.41) is 12.6. The first-order chi connectivity index (χ1) is 13.6. The number of phenolic OH excluding ortho intramolecular Hbond substituents is 1. The molecule has 2 heterocycles. The van der Waals surface area contributed by atoms with Gasteiger partial charge in [-0.1, -0.05) is 12.1 Å². The number of hydrogen-bond donors (Lipinski definition) is 1. The highest BCUT2D eigenvalue weighted by molar-refractivity contribution is 5.73. The number of nitroso groups, excluding NO2 is 1. The van der Waals surface area contributed by atoms with E-state index in [0.29, 0.717) is 38.4 Å². The molecule has 0 radical (unpaired) electrons. The summed E-state index contributed by atoms with van der Waals surface area (Å²) in [5.41, 5.74) is 0.754. The van der Waals surface area contributed by atoms with Crippen LogP contribution >= 0.6 is 0 Å². The zero-order valence-corrected chi connectivity index (χ0v) is 15.6. The number of aromatic hydroxyl groups is 1. The maximum Gasteiger partial charge on any atom is 0.309 e. The van der Waals surface area contributed by atoms with Crippen molar-refractivity contribution in [2.24, 2.45) is 11.1 Å². The van der Waals surface area contributed by atoms with E-state index >= 15 is 0 Å². The lowest BCUT2D eigenvalue weighted by Gasteiger charge is -2.32. The summed E-state index contributed by atoms with van der Waals surface area (Å²) in [6.45, 7) is 3.38. The van der Waals surface area contributed by atoms with Crippen LogP contribution in [0.15, 0.2) is 35.8 Å². The molecular weight excluding hydrogens is 364 g/mol. The first-order valence-corrected chi connectivity index (χ1v) is 9.13. The second-order valence-electron chi connectivity index (χ2n) is 6.41. The molecule has 0 saturated carbocycles. The van der Waals surface area contributed by atoms with E-state index in [1.807, 2.05) is 4.90 Å². The number of piperidine rings is 1. The summed E-state index contributed by atoms with van der Waals surface area (Å²) in [6.07, 6.45) is 2.54. The number of carbonyl (C=O) groups excluding carboxylic acids is 1. The minimum atomic E-state index is -0.186. The quantitative estimate of drug-likeness (QED) is 0.571. The zero-order chi connectivity index (χ0) is 19.9. The smallest absolute Gasteiger partial charge is 0.309 e. The second kappa shape index (κ2) is 9.12. The molecule has 1 aromatic heterocycles. The van der Waals surface area contributed by atoms with Gasteiger partial charge in [-0.2, -0.15) is 4.98 Å². The molecule has 0 bridgehead atoms. The molecule has 9 nitrogen and oxygen atoms in total. The van der Waals surface area contributed by atoms with Crippen molar-refractivity contribution < 1.29 is 19.4 Å². The third-order valence-corrected chi connectivity index (χ3v) is 4.56. The van der Waals surface area contributed by atoms with E-state index in [1.54, 1.807) is 31.2 Å². The van der Waals surface area contributed by atoms with Crippen molar-refractivity contribution in [3.63, 3.8) is 0 Å². The highest BCUT2D eigenvalue weighted by atomic mass is 16.5. The minimum absolute atomic E-state index is 0.0252. The number of carbonyl (C=O) groups is 1. The minimum Gasteiger partial charge on any atom is -0.508 e. The standard InChI is InChI=1S/C19H22N4O5/c1-2-27-19(25)14-6-8-23(9-7-14)17-16(22-26)18(21-12-20-17)28-11-13-4-3-5-15(24)10-13/h3-5,10,12,14,24H,2,6-9,11H2,1H3. The molecule has 0 atom stereocenters. The highest BCUT2D eigenvalue weighted by Gasteiger charge is 2.29. The van der Waals surface area contributed by atoms with Gasteiger partial charge in [0.2, 0.25) is 11.6 Å². The summed E-state index contributed by atoms with van der Waals surface area (Å²) < 4.78 is 10.7. The molecule has 9 heteroatoms. The SMILES string of the molecule is CCOC(=O)C1CCN(c2ncnc(OCc3cccc(O)c3)c2N=O)CC1. The lowest BCUT2D eigenvalue weighted by atomic mass is 9.97. The Kier molecular flexibility index (Phi) is 6.36. The summed E-state index contributed by atoms with van der Waals surface area (Å²) in [5.74, 6) is 0.262. The van der Waals surface area contributed by atoms with Crippen LogP contribution in [0.3, 0.4) is 0 Å². The average molecular weight is 386 g/mol. The van der Waals surface area contributed by atoms with Crippen molar-refractivity contribution in [3.8, 4) is 11.6 Å². The summed E-state index contributed by atoms with van der Waals surface area (Å²) in [6, 6.07) is 6.61. The van der Waals surface area contributed by atoms with E-state index < -0.39 is 0 Å². The monoisotopic (exact) mass is 386 g/mol. The van der Waals surface area contributed by atoms with Gasteiger partial charge in [0.1, 0.15) is 18.7 Å². The Balaban J connectivity index is 1.70. The van der Waals surface area contributed by atoms with Gasteiger partial charge in [-0.05, 0) is 42.6 Å². The van der Waals surface area contributed by atoms with Gasteiger partial charge >= 0.3 is 5.97 Å². The molecule has 1 N–H and O–H groups in total. The molecule has 1 aromatic carbocycles. The number of ether oxygens (including phenoxy) is 2. The lowest BCUT2D eigenvalue weighted by Crippen LogP contribution is -2.37. The van der Waals surface area contributed by atoms with Crippen LogP contribution in [0.25, 0.3) is 0 Å². The van der Waals surface area contributed by atoms with Gasteiger partial charge < -0.3 is 19.5 Å². The van der Waals surface area contributed by atoms with E-state index in [9.17, 15) is 14.8 Å². The van der Waals surface area contributed by atoms with E-state index in [-0.39, 0.29) is 35.8 Å². The maximum absolute atomic E-state index is 11.9. The molecule has 2 aromatic rings. The van der Waals surface area contributed by atoms with Crippen LogP contribution in [0.4, 0.5) is 11.5 Å². The van der Waals surface area contributed by atoms with Gasteiger partial charge in [0.05, 0.1) is 12.5 Å². The largest absolute Gasteiger partial charge is 0.508 e. The summed E-state index contributed by atoms with van der Waals surface area (Å²) >= 11 is 0. The molecule has 0 amide bonds. The molecule has 0 unspecified atom stereocenters. The van der Waals surface area contributed by atoms with Gasteiger partial charge in [-0.3, -0.25) is 4.79 Å². The fourth-order valence-corrected chi connectivity index (χ4v) is 3.16. The number of aromatic nitrogens is 2. The number of rotatable bonds is 7. The van der Waals surface area contributed by atoms with Crippen LogP contribution in [0.1, 0.15) is 25.3 Å². The van der Waals surface area contributed by atoms with E-state index in [1.165, 1.54) is 6.33 Å². The molecule has 1 aliphatic rings. The number of benzene rings is 1. The summed E-state index contributed by atoms with van der Waals surface area (Å²) in [4.78, 5) is 33.5. The Hall–Kier alpha value is -3.23. The maximum atomic E-state index is 11.9. The normalized spacial score (nSPS) is 14.5. The van der Waals surface area contributed by atoms with E-state index in [2.05, 4.69) is 15.1 Å². The van der Waals surface area contributed by atoms with Crippen molar-refractivity contribution >= 4 is 17.5 Å². The zero-order valence-electron chi connectivity index (χ0n) is 15.6. The van der Waals surface area contributed by atoms with Crippen molar-refractivity contribution in [2.75, 3.05) is 24.6 Å². The van der Waals surface area contributed by atoms with Crippen LogP contribution in [-0.4, -0.2) is 40.7 Å². The molecule has 3 rings (SSSR count). The Morgan fingerprint density at radius 2 is 2.11 bits per heavy atom. The fraction of sp³-hybridized carbons (Fsp3) is 0.421. The Morgan fingerprint density at radius 1 is 1.32 bits per heavy atom. The molecule has 1 saturated heterocycles. The fourth-order valence-electron chi connectivity index (χ4n) is 3.16. The van der Waals surface area contributed by atoms with Crippen LogP contribution < -0.4 is 9.64 Å². The topological polar surface area (TPSA) is 114 Å². The molecule has 1 aliphatic heterocycles. The van der Waals surface area contributed by atoms with Crippen molar-refractivity contribution in [2.45, 2.75) is 26.4 Å². The van der Waals surface area contributed by atoms with E-state index in [0.717, 1.165) is 5.56 Å². The second-order valence-corrected chi connectivity index (χ2v) is 6.41. The molecule has 1 fully saturated rings. The lowest BCUT2D eigenvalue weighted by molar-refractivity contribution is -0.148. The molecule has 148 valence electrons. The number of hydrogen-bond acceptors (Lipinski definition) is 9. The Morgan fingerprint density at radius 3 is 2.79 bits per heavy atom. The highest BCUT2D eigenvalue weighted by Crippen LogP contribution is 2.36. The molecular formula is C19H22N4O5. The van der Waals surface area contributed by atoms with Crippen molar-refractivity contribution in [3.05, 3.63) is 41.1 Å². The third kappa shape index (κ3) is 4.54. The van der Waals surface area contributed by atoms with Crippen LogP contribution in [0, 0.1) is 10.8 Å². The molecule has 0 spiro atoms.